The van der Waals surface area contributed by atoms with Gasteiger partial charge in [0.2, 0.25) is 0 Å². The molecule has 314 valence electrons. The molecule has 0 spiro atoms. The smallest absolute Gasteiger partial charge is 0.857 e. The van der Waals surface area contributed by atoms with Crippen LogP contribution in [0.2, 0.25) is 0 Å². The van der Waals surface area contributed by atoms with Gasteiger partial charge in [-0.05, 0) is 89.3 Å². The minimum absolute atomic E-state index is 0. The second-order valence-corrected chi connectivity index (χ2v) is 14.9. The van der Waals surface area contributed by atoms with Gasteiger partial charge in [-0.3, -0.25) is 0 Å². The Morgan fingerprint density at radius 3 is 0.983 bits per heavy atom. The molecule has 13 nitrogen and oxygen atoms in total. The molecular formula is C45H55KO13. The SMILES string of the molecule is CCC1(CO)COC1.CCC1(COC(=O)c2ccc3cc(C(=O)OCC4(CC)COC4)ccc3c2)COC1.COC(=O)c1ccc2cc(C(=O)OC)ccc2c1.C[O-].[K+]. The molecule has 1 N–H and O–H groups in total. The fourth-order valence-electron chi connectivity index (χ4n) is 6.20. The van der Waals surface area contributed by atoms with E-state index in [2.05, 4.69) is 30.2 Å². The standard InChI is InChI=1S/C24H28O6.C14H12O4.C6H12O2.CH3O.K/c1-3-23(11-27-12-23)15-29-21(25)19-7-5-18-10-20(8-6-17(18)9-19)22(26)30-16-24(4-2)13-28-14-24;1-17-13(15)11-5-3-10-8-12(14(16)18-2)6-4-9(10)7-11;1-2-6(3-7)4-8-5-6;1-2;/h5-10H,3-4,11-16H2,1-2H3;3-8H,1-2H3;7H,2-5H2,1H3;1H3;/q;;;-1;+1. The van der Waals surface area contributed by atoms with Gasteiger partial charge in [0.25, 0.3) is 0 Å². The number of carbonyl (C=O) groups is 4. The summed E-state index contributed by atoms with van der Waals surface area (Å²) in [6.07, 6.45) is 2.87. The Labute approximate surface area is 388 Å². The first-order chi connectivity index (χ1) is 28.0. The van der Waals surface area contributed by atoms with Gasteiger partial charge in [0.05, 0.1) is 93.6 Å². The zero-order valence-electron chi connectivity index (χ0n) is 35.3. The average molecular weight is 843 g/mol. The van der Waals surface area contributed by atoms with Crippen molar-refractivity contribution in [3.63, 3.8) is 0 Å². The van der Waals surface area contributed by atoms with Crippen molar-refractivity contribution in [3.05, 3.63) is 95.1 Å². The second-order valence-electron chi connectivity index (χ2n) is 14.9. The molecule has 0 radical (unpaired) electrons. The van der Waals surface area contributed by atoms with Crippen LogP contribution < -0.4 is 56.5 Å². The molecule has 3 heterocycles. The molecule has 3 fully saturated rings. The van der Waals surface area contributed by atoms with E-state index in [1.165, 1.54) is 14.2 Å². The van der Waals surface area contributed by atoms with E-state index in [1.54, 1.807) is 60.7 Å². The quantitative estimate of drug-likeness (QED) is 0.125. The number of fused-ring (bicyclic) bond motifs is 2. The predicted molar refractivity (Wildman–Crippen MR) is 215 cm³/mol. The van der Waals surface area contributed by atoms with Crippen molar-refractivity contribution >= 4 is 45.4 Å². The van der Waals surface area contributed by atoms with E-state index in [-0.39, 0.29) is 98.1 Å². The maximum atomic E-state index is 12.5. The van der Waals surface area contributed by atoms with Crippen LogP contribution in [0.15, 0.2) is 72.8 Å². The Kier molecular flexibility index (Phi) is 20.1. The molecule has 0 saturated carbocycles. The van der Waals surface area contributed by atoms with Crippen LogP contribution in [0.1, 0.15) is 81.5 Å². The number of carbonyl (C=O) groups excluding carboxylic acids is 4. The number of benzene rings is 4. The molecule has 0 aliphatic carbocycles. The summed E-state index contributed by atoms with van der Waals surface area (Å²) in [5.41, 5.74) is 2.03. The normalized spacial score (nSPS) is 16.1. The zero-order valence-corrected chi connectivity index (χ0v) is 38.4. The first-order valence-corrected chi connectivity index (χ1v) is 19.3. The summed E-state index contributed by atoms with van der Waals surface area (Å²) in [7, 11) is 3.43. The number of rotatable bonds is 12. The van der Waals surface area contributed by atoms with Crippen molar-refractivity contribution < 1.29 is 114 Å². The Hall–Kier alpha value is -3.28. The zero-order chi connectivity index (χ0) is 42.3. The minimum atomic E-state index is -0.381. The third-order valence-electron chi connectivity index (χ3n) is 11.0. The maximum absolute atomic E-state index is 12.5. The molecule has 0 aromatic heterocycles. The average Bonchev–Trinajstić information content (AvgIpc) is 3.22. The fourth-order valence-corrected chi connectivity index (χ4v) is 6.20. The molecule has 14 heteroatoms. The molecule has 7 rings (SSSR count). The molecule has 59 heavy (non-hydrogen) atoms. The third kappa shape index (κ3) is 12.9. The summed E-state index contributed by atoms with van der Waals surface area (Å²) >= 11 is 0. The van der Waals surface area contributed by atoms with Gasteiger partial charge in [-0.25, -0.2) is 19.2 Å². The minimum Gasteiger partial charge on any atom is -0.857 e. The van der Waals surface area contributed by atoms with Crippen LogP contribution in [0.25, 0.3) is 21.5 Å². The second kappa shape index (κ2) is 23.6. The molecule has 3 saturated heterocycles. The van der Waals surface area contributed by atoms with Crippen LogP contribution in [0.5, 0.6) is 0 Å². The van der Waals surface area contributed by atoms with Gasteiger partial charge in [0.1, 0.15) is 13.2 Å². The Morgan fingerprint density at radius 2 is 0.797 bits per heavy atom. The summed E-state index contributed by atoms with van der Waals surface area (Å²) in [6.45, 7) is 11.3. The van der Waals surface area contributed by atoms with Crippen LogP contribution in [-0.2, 0) is 33.2 Å². The molecule has 4 aromatic carbocycles. The first kappa shape index (κ1) is 50.1. The van der Waals surface area contributed by atoms with Gasteiger partial charge in [-0.2, -0.15) is 7.11 Å². The topological polar surface area (TPSA) is 176 Å². The largest absolute Gasteiger partial charge is 1.00 e. The molecule has 0 amide bonds. The summed E-state index contributed by atoms with van der Waals surface area (Å²) in [4.78, 5) is 47.7. The predicted octanol–water partition coefficient (Wildman–Crippen LogP) is 2.81. The number of ether oxygens (including phenoxy) is 7. The van der Waals surface area contributed by atoms with Gasteiger partial charge in [-0.1, -0.05) is 45.0 Å². The molecular weight excluding hydrogens is 788 g/mol. The Balaban J connectivity index is 0.000000271. The van der Waals surface area contributed by atoms with Gasteiger partial charge in [0.15, 0.2) is 0 Å². The third-order valence-corrected chi connectivity index (χ3v) is 11.0. The first-order valence-electron chi connectivity index (χ1n) is 19.3. The number of hydrogen-bond acceptors (Lipinski definition) is 13. The van der Waals surface area contributed by atoms with Crippen molar-refractivity contribution in [3.8, 4) is 0 Å². The van der Waals surface area contributed by atoms with Crippen LogP contribution in [0, 0.1) is 16.2 Å². The van der Waals surface area contributed by atoms with Crippen molar-refractivity contribution in [2.45, 2.75) is 40.0 Å². The molecule has 0 bridgehead atoms. The van der Waals surface area contributed by atoms with E-state index in [9.17, 15) is 19.2 Å². The Bertz CT molecular complexity index is 1860. The van der Waals surface area contributed by atoms with E-state index in [0.29, 0.717) is 61.9 Å². The van der Waals surface area contributed by atoms with Crippen molar-refractivity contribution in [1.29, 1.82) is 0 Å². The Morgan fingerprint density at radius 1 is 0.525 bits per heavy atom. The van der Waals surface area contributed by atoms with Crippen molar-refractivity contribution in [1.82, 2.24) is 0 Å². The van der Waals surface area contributed by atoms with E-state index < -0.39 is 0 Å². The number of aliphatic hydroxyl groups excluding tert-OH is 1. The summed E-state index contributed by atoms with van der Waals surface area (Å²) < 4.78 is 35.9. The molecule has 0 unspecified atom stereocenters. The van der Waals surface area contributed by atoms with Crippen LogP contribution in [-0.4, -0.2) is 110 Å². The number of aliphatic hydroxyl groups is 1. The van der Waals surface area contributed by atoms with Gasteiger partial charge in [0, 0.05) is 5.41 Å². The molecule has 3 aliphatic rings. The number of hydrogen-bond donors (Lipinski definition) is 1. The van der Waals surface area contributed by atoms with E-state index in [0.717, 1.165) is 61.1 Å². The van der Waals surface area contributed by atoms with Gasteiger partial charge >= 0.3 is 75.3 Å². The maximum Gasteiger partial charge on any atom is 1.00 e. The molecule has 0 atom stereocenters. The fraction of sp³-hybridized carbons (Fsp3) is 0.467. The molecule has 3 aliphatic heterocycles. The van der Waals surface area contributed by atoms with Crippen LogP contribution >= 0.6 is 0 Å². The van der Waals surface area contributed by atoms with Gasteiger partial charge in [-0.15, -0.1) is 0 Å². The number of esters is 4. The van der Waals surface area contributed by atoms with Crippen molar-refractivity contribution in [2.24, 2.45) is 16.2 Å². The number of methoxy groups -OCH3 is 2. The monoisotopic (exact) mass is 842 g/mol. The van der Waals surface area contributed by atoms with E-state index in [1.807, 2.05) is 12.1 Å². The van der Waals surface area contributed by atoms with E-state index >= 15 is 0 Å². The summed E-state index contributed by atoms with van der Waals surface area (Å²) in [6, 6.07) is 21.0. The van der Waals surface area contributed by atoms with Crippen LogP contribution in [0.4, 0.5) is 0 Å². The van der Waals surface area contributed by atoms with Gasteiger partial charge < -0.3 is 43.4 Å². The summed E-state index contributed by atoms with van der Waals surface area (Å²) in [5, 5.41) is 20.5. The van der Waals surface area contributed by atoms with Crippen molar-refractivity contribution in [2.75, 3.05) is 80.8 Å². The molecule has 4 aromatic rings. The van der Waals surface area contributed by atoms with E-state index in [4.69, 9.17) is 33.9 Å². The van der Waals surface area contributed by atoms with Crippen LogP contribution in [0.3, 0.4) is 0 Å². The summed E-state index contributed by atoms with van der Waals surface area (Å²) in [5.74, 6) is -1.44.